The van der Waals surface area contributed by atoms with E-state index in [4.69, 9.17) is 14.9 Å². The maximum absolute atomic E-state index is 11.6. The molecule has 1 fully saturated rings. The first-order valence-electron chi connectivity index (χ1n) is 7.80. The number of carbonyl (C=O) groups is 2. The van der Waals surface area contributed by atoms with E-state index in [1.165, 1.54) is 0 Å². The van der Waals surface area contributed by atoms with Gasteiger partial charge in [-0.05, 0) is 0 Å². The number of aliphatic hydroxyl groups is 7. The molecule has 2 aliphatic heterocycles. The van der Waals surface area contributed by atoms with Crippen molar-refractivity contribution in [2.75, 3.05) is 13.2 Å². The lowest BCUT2D eigenvalue weighted by molar-refractivity contribution is -0.289. The Hall–Kier alpha value is -2.16. The highest BCUT2D eigenvalue weighted by atomic mass is 16.8. The topological polar surface area (TPSA) is 213 Å². The predicted octanol–water partition coefficient (Wildman–Crippen LogP) is -3.06. The normalized spacial score (nSPS) is 34.9. The Kier molecular flexibility index (Phi) is 6.80. The minimum absolute atomic E-state index is 0.394. The zero-order valence-electron chi connectivity index (χ0n) is 13.7. The highest BCUT2D eigenvalue weighted by molar-refractivity contribution is 5.88. The van der Waals surface area contributed by atoms with Gasteiger partial charge in [0.2, 0.25) is 12.0 Å². The summed E-state index contributed by atoms with van der Waals surface area (Å²) in [5.41, 5.74) is 0. The summed E-state index contributed by atoms with van der Waals surface area (Å²) in [4.78, 5) is 22.6. The van der Waals surface area contributed by atoms with Crippen LogP contribution >= 0.6 is 0 Å². The van der Waals surface area contributed by atoms with Crippen molar-refractivity contribution in [3.8, 4) is 0 Å². The van der Waals surface area contributed by atoms with Crippen LogP contribution in [0.1, 0.15) is 6.42 Å². The summed E-state index contributed by atoms with van der Waals surface area (Å²) in [6.07, 6.45) is -12.8. The van der Waals surface area contributed by atoms with Crippen LogP contribution in [-0.2, 0) is 23.7 Å². The first kappa shape index (κ1) is 21.1. The third-order valence-electron chi connectivity index (χ3n) is 3.93. The Balaban J connectivity index is 1.79. The maximum Gasteiger partial charge on any atom is 0.510 e. The number of hydrogen-bond acceptors (Lipinski definition) is 13. The van der Waals surface area contributed by atoms with E-state index in [9.17, 15) is 35.1 Å². The van der Waals surface area contributed by atoms with Crippen molar-refractivity contribution in [2.24, 2.45) is 0 Å². The van der Waals surface area contributed by atoms with Crippen LogP contribution in [0.4, 0.5) is 4.79 Å². The molecule has 0 bridgehead atoms. The van der Waals surface area contributed by atoms with Crippen molar-refractivity contribution in [2.45, 2.75) is 49.3 Å². The van der Waals surface area contributed by atoms with Gasteiger partial charge in [0.15, 0.2) is 11.9 Å². The molecule has 154 valence electrons. The Labute approximate surface area is 151 Å². The summed E-state index contributed by atoms with van der Waals surface area (Å²) in [7, 11) is 0. The molecular weight excluding hydrogens is 376 g/mol. The van der Waals surface area contributed by atoms with Crippen molar-refractivity contribution in [3.05, 3.63) is 11.5 Å². The number of carbonyl (C=O) groups excluding carboxylic acids is 2. The molecule has 7 atom stereocenters. The lowest BCUT2D eigenvalue weighted by Crippen LogP contribution is -2.59. The lowest BCUT2D eigenvalue weighted by atomic mass is 9.99. The van der Waals surface area contributed by atoms with Gasteiger partial charge in [0.1, 0.15) is 31.0 Å². The van der Waals surface area contributed by atoms with E-state index in [2.05, 4.69) is 14.2 Å². The fourth-order valence-corrected chi connectivity index (χ4v) is 2.43. The monoisotopic (exact) mass is 396 g/mol. The fourth-order valence-electron chi connectivity index (χ4n) is 2.43. The van der Waals surface area contributed by atoms with Crippen LogP contribution in [0.25, 0.3) is 0 Å². The van der Waals surface area contributed by atoms with Crippen molar-refractivity contribution in [1.29, 1.82) is 0 Å². The van der Waals surface area contributed by atoms with Gasteiger partial charge in [0.05, 0.1) is 12.7 Å². The van der Waals surface area contributed by atoms with Gasteiger partial charge in [0.25, 0.3) is 0 Å². The minimum Gasteiger partial charge on any atom is -0.505 e. The molecule has 7 N–H and O–H groups in total. The number of ether oxygens (including phenoxy) is 4. The number of esters is 1. The average Bonchev–Trinajstić information content (AvgIpc) is 2.87. The molecule has 27 heavy (non-hydrogen) atoms. The van der Waals surface area contributed by atoms with E-state index in [1.807, 2.05) is 0 Å². The second-order valence-corrected chi connectivity index (χ2v) is 5.89. The van der Waals surface area contributed by atoms with Crippen LogP contribution in [0.5, 0.6) is 0 Å². The van der Waals surface area contributed by atoms with Gasteiger partial charge >= 0.3 is 12.1 Å². The van der Waals surface area contributed by atoms with Crippen molar-refractivity contribution in [3.63, 3.8) is 0 Å². The van der Waals surface area contributed by atoms with Gasteiger partial charge in [-0.15, -0.1) is 0 Å². The van der Waals surface area contributed by atoms with E-state index in [0.717, 1.165) is 0 Å². The third-order valence-corrected chi connectivity index (χ3v) is 3.93. The number of cyclic esters (lactones) is 1. The standard InChI is InChI=1S/C14H20O13/c15-2-6-8(18)9(19)11(21)13(26-6)27-14(23)24-3-4(16)1-5-7(17)10(20)12(22)25-5/h4-6,8-9,11,13,15-21H,1-3H2/t4-,5-,6?,8-,9-,11?,13+/m1/s1. The molecule has 0 amide bonds. The molecule has 2 heterocycles. The molecule has 0 spiro atoms. The molecule has 0 radical (unpaired) electrons. The van der Waals surface area contributed by atoms with Crippen molar-refractivity contribution >= 4 is 12.1 Å². The van der Waals surface area contributed by atoms with Crippen LogP contribution in [0, 0.1) is 0 Å². The maximum atomic E-state index is 11.6. The molecule has 0 aromatic carbocycles. The van der Waals surface area contributed by atoms with E-state index in [0.29, 0.717) is 0 Å². The zero-order valence-corrected chi connectivity index (χ0v) is 13.7. The lowest BCUT2D eigenvalue weighted by Gasteiger charge is -2.38. The van der Waals surface area contributed by atoms with Gasteiger partial charge in [-0.1, -0.05) is 0 Å². The predicted molar refractivity (Wildman–Crippen MR) is 79.0 cm³/mol. The Morgan fingerprint density at radius 1 is 1.15 bits per heavy atom. The smallest absolute Gasteiger partial charge is 0.505 e. The Morgan fingerprint density at radius 2 is 1.81 bits per heavy atom. The first-order valence-corrected chi connectivity index (χ1v) is 7.80. The SMILES string of the molecule is O=C(OC[C@H](O)C[C@H]1OC(=O)C(O)=C1O)O[C@@H]1OC(CO)[C@@H](O)[C@@H](O)C1O. The van der Waals surface area contributed by atoms with Gasteiger partial charge < -0.3 is 54.7 Å². The molecule has 2 rings (SSSR count). The fraction of sp³-hybridized carbons (Fsp3) is 0.714. The highest BCUT2D eigenvalue weighted by Crippen LogP contribution is 2.24. The molecule has 0 aliphatic carbocycles. The van der Waals surface area contributed by atoms with E-state index >= 15 is 0 Å². The Morgan fingerprint density at radius 3 is 2.37 bits per heavy atom. The summed E-state index contributed by atoms with van der Waals surface area (Å²) in [6.45, 7) is -1.39. The Bertz CT molecular complexity index is 588. The van der Waals surface area contributed by atoms with Crippen LogP contribution in [-0.4, -0.2) is 104 Å². The van der Waals surface area contributed by atoms with Crippen LogP contribution in [0.3, 0.4) is 0 Å². The molecule has 13 nitrogen and oxygen atoms in total. The minimum atomic E-state index is -1.82. The van der Waals surface area contributed by atoms with E-state index in [1.54, 1.807) is 0 Å². The molecule has 2 unspecified atom stereocenters. The average molecular weight is 396 g/mol. The largest absolute Gasteiger partial charge is 0.510 e. The molecule has 0 saturated carbocycles. The van der Waals surface area contributed by atoms with Crippen LogP contribution in [0.15, 0.2) is 11.5 Å². The summed E-state index contributed by atoms with van der Waals surface area (Å²) in [5.74, 6) is -2.90. The zero-order chi connectivity index (χ0) is 20.3. The summed E-state index contributed by atoms with van der Waals surface area (Å²) in [5, 5.41) is 66.2. The van der Waals surface area contributed by atoms with Crippen molar-refractivity contribution < 1.29 is 64.3 Å². The molecule has 0 aromatic heterocycles. The quantitative estimate of drug-likeness (QED) is 0.222. The summed E-state index contributed by atoms with van der Waals surface area (Å²) in [6, 6.07) is 0. The molecule has 13 heteroatoms. The van der Waals surface area contributed by atoms with Crippen LogP contribution < -0.4 is 0 Å². The van der Waals surface area contributed by atoms with Gasteiger partial charge in [0, 0.05) is 6.42 Å². The first-order chi connectivity index (χ1) is 12.6. The number of hydrogen-bond donors (Lipinski definition) is 7. The van der Waals surface area contributed by atoms with E-state index in [-0.39, 0.29) is 0 Å². The van der Waals surface area contributed by atoms with E-state index < -0.39 is 86.2 Å². The summed E-state index contributed by atoms with van der Waals surface area (Å²) >= 11 is 0. The second-order valence-electron chi connectivity index (χ2n) is 5.89. The highest BCUT2D eigenvalue weighted by Gasteiger charge is 2.45. The van der Waals surface area contributed by atoms with Crippen molar-refractivity contribution in [1.82, 2.24) is 0 Å². The third kappa shape index (κ3) is 4.77. The molecule has 1 saturated heterocycles. The summed E-state index contributed by atoms with van der Waals surface area (Å²) < 4.78 is 18.7. The number of rotatable bonds is 6. The molecular formula is C14H20O13. The van der Waals surface area contributed by atoms with Crippen LogP contribution in [0.2, 0.25) is 0 Å². The van der Waals surface area contributed by atoms with Gasteiger partial charge in [-0.2, -0.15) is 0 Å². The molecule has 2 aliphatic rings. The van der Waals surface area contributed by atoms with Gasteiger partial charge in [-0.25, -0.2) is 9.59 Å². The number of aliphatic hydroxyl groups excluding tert-OH is 7. The van der Waals surface area contributed by atoms with Gasteiger partial charge in [-0.3, -0.25) is 0 Å². The molecule has 0 aromatic rings. The second kappa shape index (κ2) is 8.69.